The third kappa shape index (κ3) is 2.52. The summed E-state index contributed by atoms with van der Waals surface area (Å²) in [6.45, 7) is 5.65. The molecular formula is C11H18N6. The zero-order chi connectivity index (χ0) is 12.3. The summed E-state index contributed by atoms with van der Waals surface area (Å²) in [4.78, 5) is 8.60. The normalized spacial score (nSPS) is 11.3. The van der Waals surface area contributed by atoms with E-state index in [9.17, 15) is 0 Å². The van der Waals surface area contributed by atoms with Crippen LogP contribution in [0.5, 0.6) is 0 Å². The van der Waals surface area contributed by atoms with Crippen LogP contribution in [0.3, 0.4) is 0 Å². The van der Waals surface area contributed by atoms with Crippen molar-refractivity contribution >= 4 is 0 Å². The molecule has 0 amide bonds. The summed E-state index contributed by atoms with van der Waals surface area (Å²) in [7, 11) is 1.91. The molecule has 6 nitrogen and oxygen atoms in total. The first-order valence-corrected chi connectivity index (χ1v) is 5.75. The van der Waals surface area contributed by atoms with Crippen molar-refractivity contribution in [2.24, 2.45) is 0 Å². The molecule has 1 N–H and O–H groups in total. The molecule has 0 aromatic carbocycles. The summed E-state index contributed by atoms with van der Waals surface area (Å²) in [5.41, 5.74) is 0. The Morgan fingerprint density at radius 3 is 2.82 bits per heavy atom. The number of imidazole rings is 1. The molecule has 0 atom stereocenters. The maximum Gasteiger partial charge on any atom is 0.147 e. The van der Waals surface area contributed by atoms with Crippen molar-refractivity contribution in [1.29, 1.82) is 0 Å². The molecule has 2 aromatic heterocycles. The highest BCUT2D eigenvalue weighted by atomic mass is 15.4. The summed E-state index contributed by atoms with van der Waals surface area (Å²) in [5, 5.41) is 7.33. The van der Waals surface area contributed by atoms with Crippen molar-refractivity contribution in [3.63, 3.8) is 0 Å². The van der Waals surface area contributed by atoms with Crippen LogP contribution in [-0.4, -0.2) is 31.4 Å². The van der Waals surface area contributed by atoms with Crippen molar-refractivity contribution in [3.8, 4) is 0 Å². The van der Waals surface area contributed by atoms with Gasteiger partial charge in [0.15, 0.2) is 0 Å². The molecule has 92 valence electrons. The Bertz CT molecular complexity index is 470. The SMILES string of the molecule is CNCc1nccn1Cc1ncnn1C(C)C. The number of nitrogens with one attached hydrogen (secondary N) is 1. The van der Waals surface area contributed by atoms with Crippen LogP contribution < -0.4 is 5.32 Å². The number of rotatable bonds is 5. The van der Waals surface area contributed by atoms with Gasteiger partial charge in [0.05, 0.1) is 13.1 Å². The largest absolute Gasteiger partial charge is 0.326 e. The molecule has 0 saturated carbocycles. The van der Waals surface area contributed by atoms with E-state index >= 15 is 0 Å². The molecule has 2 heterocycles. The van der Waals surface area contributed by atoms with E-state index in [0.29, 0.717) is 12.6 Å². The van der Waals surface area contributed by atoms with Gasteiger partial charge in [0, 0.05) is 18.4 Å². The fourth-order valence-corrected chi connectivity index (χ4v) is 1.78. The molecule has 0 radical (unpaired) electrons. The first-order valence-electron chi connectivity index (χ1n) is 5.75. The highest BCUT2D eigenvalue weighted by molar-refractivity contribution is 4.97. The summed E-state index contributed by atoms with van der Waals surface area (Å²) in [6.07, 6.45) is 5.37. The second kappa shape index (κ2) is 5.09. The van der Waals surface area contributed by atoms with E-state index in [1.165, 1.54) is 0 Å². The van der Waals surface area contributed by atoms with Gasteiger partial charge in [0.25, 0.3) is 0 Å². The van der Waals surface area contributed by atoms with Crippen molar-refractivity contribution in [2.45, 2.75) is 33.0 Å². The lowest BCUT2D eigenvalue weighted by Gasteiger charge is -2.11. The summed E-state index contributed by atoms with van der Waals surface area (Å²) < 4.78 is 4.02. The van der Waals surface area contributed by atoms with Crippen LogP contribution in [0.1, 0.15) is 31.5 Å². The van der Waals surface area contributed by atoms with Crippen molar-refractivity contribution in [1.82, 2.24) is 29.6 Å². The van der Waals surface area contributed by atoms with Gasteiger partial charge in [-0.15, -0.1) is 0 Å². The summed E-state index contributed by atoms with van der Waals surface area (Å²) in [6, 6.07) is 0.323. The maximum atomic E-state index is 4.30. The average molecular weight is 234 g/mol. The fraction of sp³-hybridized carbons (Fsp3) is 0.545. The summed E-state index contributed by atoms with van der Waals surface area (Å²) >= 11 is 0. The minimum absolute atomic E-state index is 0.323. The monoisotopic (exact) mass is 234 g/mol. The van der Waals surface area contributed by atoms with Crippen LogP contribution in [-0.2, 0) is 13.1 Å². The third-order valence-corrected chi connectivity index (χ3v) is 2.58. The molecule has 0 unspecified atom stereocenters. The molecule has 0 fully saturated rings. The molecule has 0 aliphatic rings. The Balaban J connectivity index is 2.19. The molecule has 17 heavy (non-hydrogen) atoms. The van der Waals surface area contributed by atoms with Gasteiger partial charge in [0.1, 0.15) is 18.0 Å². The first kappa shape index (κ1) is 11.8. The number of hydrogen-bond acceptors (Lipinski definition) is 4. The highest BCUT2D eigenvalue weighted by Gasteiger charge is 2.10. The van der Waals surface area contributed by atoms with Gasteiger partial charge >= 0.3 is 0 Å². The zero-order valence-electron chi connectivity index (χ0n) is 10.5. The van der Waals surface area contributed by atoms with E-state index in [2.05, 4.69) is 38.8 Å². The standard InChI is InChI=1S/C11H18N6/c1-9(2)17-11(14-8-15-17)7-16-5-4-13-10(16)6-12-3/h4-5,8-9,12H,6-7H2,1-3H3. The molecule has 0 bridgehead atoms. The number of nitrogens with zero attached hydrogens (tertiary/aromatic N) is 5. The Morgan fingerprint density at radius 2 is 2.12 bits per heavy atom. The van der Waals surface area contributed by atoms with E-state index in [1.54, 1.807) is 6.33 Å². The van der Waals surface area contributed by atoms with Crippen LogP contribution in [0.4, 0.5) is 0 Å². The van der Waals surface area contributed by atoms with Gasteiger partial charge in [-0.1, -0.05) is 0 Å². The second-order valence-corrected chi connectivity index (χ2v) is 4.22. The van der Waals surface area contributed by atoms with Gasteiger partial charge in [0.2, 0.25) is 0 Å². The van der Waals surface area contributed by atoms with Crippen LogP contribution >= 0.6 is 0 Å². The fourth-order valence-electron chi connectivity index (χ4n) is 1.78. The van der Waals surface area contributed by atoms with Crippen molar-refractivity contribution in [3.05, 3.63) is 30.4 Å². The molecule has 2 rings (SSSR count). The van der Waals surface area contributed by atoms with E-state index in [0.717, 1.165) is 18.2 Å². The van der Waals surface area contributed by atoms with E-state index in [1.807, 2.05) is 24.1 Å². The smallest absolute Gasteiger partial charge is 0.147 e. The quantitative estimate of drug-likeness (QED) is 0.832. The summed E-state index contributed by atoms with van der Waals surface area (Å²) in [5.74, 6) is 1.96. The van der Waals surface area contributed by atoms with Gasteiger partial charge in [-0.05, 0) is 20.9 Å². The Labute approximate surface area is 101 Å². The van der Waals surface area contributed by atoms with E-state index < -0.39 is 0 Å². The molecule has 0 aliphatic carbocycles. The molecule has 0 aliphatic heterocycles. The average Bonchev–Trinajstić information content (AvgIpc) is 2.89. The topological polar surface area (TPSA) is 60.6 Å². The van der Waals surface area contributed by atoms with Gasteiger partial charge in [-0.3, -0.25) is 0 Å². The van der Waals surface area contributed by atoms with Crippen molar-refractivity contribution in [2.75, 3.05) is 7.05 Å². The van der Waals surface area contributed by atoms with Gasteiger partial charge < -0.3 is 9.88 Å². The molecule has 2 aromatic rings. The lowest BCUT2D eigenvalue weighted by molar-refractivity contribution is 0.492. The van der Waals surface area contributed by atoms with Crippen LogP contribution in [0.25, 0.3) is 0 Å². The second-order valence-electron chi connectivity index (χ2n) is 4.22. The molecule has 6 heteroatoms. The molecule has 0 saturated heterocycles. The van der Waals surface area contributed by atoms with E-state index in [4.69, 9.17) is 0 Å². The van der Waals surface area contributed by atoms with Crippen LogP contribution in [0, 0.1) is 0 Å². The Kier molecular flexibility index (Phi) is 3.53. The van der Waals surface area contributed by atoms with Gasteiger partial charge in [-0.25, -0.2) is 14.6 Å². The molecular weight excluding hydrogens is 216 g/mol. The van der Waals surface area contributed by atoms with Crippen molar-refractivity contribution < 1.29 is 0 Å². The minimum atomic E-state index is 0.323. The predicted octanol–water partition coefficient (Wildman–Crippen LogP) is 0.823. The van der Waals surface area contributed by atoms with E-state index in [-0.39, 0.29) is 0 Å². The number of aromatic nitrogens is 5. The zero-order valence-corrected chi connectivity index (χ0v) is 10.5. The minimum Gasteiger partial charge on any atom is -0.326 e. The van der Waals surface area contributed by atoms with Crippen LogP contribution in [0.2, 0.25) is 0 Å². The Hall–Kier alpha value is -1.69. The highest BCUT2D eigenvalue weighted by Crippen LogP contribution is 2.08. The first-order chi connectivity index (χ1) is 8.22. The Morgan fingerprint density at radius 1 is 1.29 bits per heavy atom. The third-order valence-electron chi connectivity index (χ3n) is 2.58. The number of hydrogen-bond donors (Lipinski definition) is 1. The maximum absolute atomic E-state index is 4.30. The predicted molar refractivity (Wildman–Crippen MR) is 64.5 cm³/mol. The van der Waals surface area contributed by atoms with Gasteiger partial charge in [-0.2, -0.15) is 5.10 Å². The molecule has 0 spiro atoms. The van der Waals surface area contributed by atoms with Crippen LogP contribution in [0.15, 0.2) is 18.7 Å². The lowest BCUT2D eigenvalue weighted by atomic mass is 10.4. The lowest BCUT2D eigenvalue weighted by Crippen LogP contribution is -2.16.